The van der Waals surface area contributed by atoms with Gasteiger partial charge >= 0.3 is 0 Å². The van der Waals surface area contributed by atoms with Gasteiger partial charge in [0.2, 0.25) is 4.96 Å². The van der Waals surface area contributed by atoms with Crippen LogP contribution < -0.4 is 0 Å². The number of nitrogens with zero attached hydrogens (tertiary/aromatic N) is 3. The number of fused-ring (bicyclic) bond motifs is 1. The molecule has 0 bridgehead atoms. The smallest absolute Gasteiger partial charge is 0.213 e. The molecule has 1 N–H and O–H groups in total. The molecule has 2 aromatic heterocycles. The minimum absolute atomic E-state index is 0.186. The number of benzene rings is 1. The Morgan fingerprint density at radius 3 is 2.55 bits per heavy atom. The van der Waals surface area contributed by atoms with Crippen LogP contribution in [0.15, 0.2) is 18.2 Å². The van der Waals surface area contributed by atoms with Crippen LogP contribution in [0.3, 0.4) is 0 Å². The van der Waals surface area contributed by atoms with Crippen LogP contribution in [0.2, 0.25) is 0 Å². The topological polar surface area (TPSA) is 50.4 Å². The van der Waals surface area contributed by atoms with Crippen molar-refractivity contribution in [1.29, 1.82) is 0 Å². The Hall–Kier alpha value is -1.86. The van der Waals surface area contributed by atoms with Crippen LogP contribution >= 0.6 is 11.3 Å². The summed E-state index contributed by atoms with van der Waals surface area (Å²) in [5, 5.41) is 14.5. The molecule has 4 nitrogen and oxygen atoms in total. The molecule has 0 spiro atoms. The van der Waals surface area contributed by atoms with Gasteiger partial charge in [0.05, 0.1) is 18.0 Å². The fraction of sp³-hybridized carbons (Fsp3) is 0.333. The molecule has 3 rings (SSSR count). The third-order valence-corrected chi connectivity index (χ3v) is 4.28. The fourth-order valence-corrected chi connectivity index (χ4v) is 3.19. The monoisotopic (exact) mass is 323 g/mol. The SMILES string of the molecule is CC(C)(C)c1nc2sc(-c3ccc(F)c(F)c3)nn2c1CO. The first-order valence-electron chi connectivity index (χ1n) is 6.76. The molecule has 22 heavy (non-hydrogen) atoms. The Morgan fingerprint density at radius 1 is 1.23 bits per heavy atom. The van der Waals surface area contributed by atoms with Crippen LogP contribution in [0, 0.1) is 11.6 Å². The first kappa shape index (κ1) is 15.1. The lowest BCUT2D eigenvalue weighted by Gasteiger charge is -2.16. The fourth-order valence-electron chi connectivity index (χ4n) is 2.28. The molecule has 3 aromatic rings. The Bertz CT molecular complexity index is 848. The average Bonchev–Trinajstić information content (AvgIpc) is 2.98. The summed E-state index contributed by atoms with van der Waals surface area (Å²) in [6.07, 6.45) is 0. The number of rotatable bonds is 2. The maximum atomic E-state index is 13.4. The molecule has 0 aliphatic carbocycles. The standard InChI is InChI=1S/C15H15F2N3OS/c1-15(2,3)12-11(7-21)20-14(18-12)22-13(19-20)8-4-5-9(16)10(17)6-8/h4-6,21H,7H2,1-3H3. The zero-order valence-corrected chi connectivity index (χ0v) is 13.2. The summed E-state index contributed by atoms with van der Waals surface area (Å²) in [6.45, 7) is 5.84. The second kappa shape index (κ2) is 5.10. The van der Waals surface area contributed by atoms with Crippen molar-refractivity contribution >= 4 is 16.3 Å². The van der Waals surface area contributed by atoms with Crippen molar-refractivity contribution in [3.8, 4) is 10.6 Å². The molecule has 0 saturated heterocycles. The molecular formula is C15H15F2N3OS. The molecular weight excluding hydrogens is 308 g/mol. The average molecular weight is 323 g/mol. The minimum atomic E-state index is -0.914. The molecule has 0 saturated carbocycles. The van der Waals surface area contributed by atoms with Crippen molar-refractivity contribution in [3.05, 3.63) is 41.2 Å². The quantitative estimate of drug-likeness (QED) is 0.785. The van der Waals surface area contributed by atoms with E-state index in [0.717, 1.165) is 17.8 Å². The van der Waals surface area contributed by atoms with E-state index in [1.54, 1.807) is 4.52 Å². The Kier molecular flexibility index (Phi) is 3.49. The third-order valence-electron chi connectivity index (χ3n) is 3.32. The van der Waals surface area contributed by atoms with E-state index in [0.29, 0.717) is 21.2 Å². The third kappa shape index (κ3) is 2.40. The van der Waals surface area contributed by atoms with Gasteiger partial charge in [-0.15, -0.1) is 0 Å². The van der Waals surface area contributed by atoms with Crippen LogP contribution in [-0.2, 0) is 12.0 Å². The molecule has 0 aliphatic rings. The molecule has 0 radical (unpaired) electrons. The van der Waals surface area contributed by atoms with Gasteiger partial charge in [-0.2, -0.15) is 5.10 Å². The predicted octanol–water partition coefficient (Wildman–Crippen LogP) is 3.53. The van der Waals surface area contributed by atoms with Gasteiger partial charge in [-0.05, 0) is 18.2 Å². The predicted molar refractivity (Wildman–Crippen MR) is 80.8 cm³/mol. The largest absolute Gasteiger partial charge is 0.390 e. The number of imidazole rings is 1. The van der Waals surface area contributed by atoms with Crippen LogP contribution in [-0.4, -0.2) is 19.7 Å². The van der Waals surface area contributed by atoms with Crippen molar-refractivity contribution in [3.63, 3.8) is 0 Å². The molecule has 116 valence electrons. The maximum absolute atomic E-state index is 13.4. The second-order valence-electron chi connectivity index (χ2n) is 6.05. The molecule has 0 fully saturated rings. The van der Waals surface area contributed by atoms with E-state index in [-0.39, 0.29) is 12.0 Å². The summed E-state index contributed by atoms with van der Waals surface area (Å²) in [6, 6.07) is 3.65. The number of aromatic nitrogens is 3. The van der Waals surface area contributed by atoms with Gasteiger partial charge in [0.15, 0.2) is 11.6 Å². The number of aliphatic hydroxyl groups excluding tert-OH is 1. The number of hydrogen-bond acceptors (Lipinski definition) is 4. The molecule has 0 amide bonds. The van der Waals surface area contributed by atoms with E-state index >= 15 is 0 Å². The van der Waals surface area contributed by atoms with Crippen LogP contribution in [0.1, 0.15) is 32.2 Å². The molecule has 0 atom stereocenters. The number of hydrogen-bond donors (Lipinski definition) is 1. The number of aliphatic hydroxyl groups is 1. The summed E-state index contributed by atoms with van der Waals surface area (Å²) in [4.78, 5) is 5.15. The summed E-state index contributed by atoms with van der Waals surface area (Å²) >= 11 is 1.27. The van der Waals surface area contributed by atoms with E-state index in [9.17, 15) is 13.9 Å². The van der Waals surface area contributed by atoms with Gasteiger partial charge < -0.3 is 5.11 Å². The van der Waals surface area contributed by atoms with Crippen LogP contribution in [0.25, 0.3) is 15.5 Å². The zero-order valence-electron chi connectivity index (χ0n) is 12.4. The summed E-state index contributed by atoms with van der Waals surface area (Å²) in [5.74, 6) is -1.81. The Labute approximate surface area is 130 Å². The van der Waals surface area contributed by atoms with Gasteiger partial charge in [-0.3, -0.25) is 0 Å². The highest BCUT2D eigenvalue weighted by Crippen LogP contribution is 2.32. The number of halogens is 2. The lowest BCUT2D eigenvalue weighted by atomic mass is 9.91. The van der Waals surface area contributed by atoms with E-state index in [4.69, 9.17) is 0 Å². The highest BCUT2D eigenvalue weighted by Gasteiger charge is 2.25. The second-order valence-corrected chi connectivity index (χ2v) is 7.00. The normalized spacial score (nSPS) is 12.3. The van der Waals surface area contributed by atoms with Crippen LogP contribution in [0.5, 0.6) is 0 Å². The Balaban J connectivity index is 2.15. The van der Waals surface area contributed by atoms with Crippen LogP contribution in [0.4, 0.5) is 8.78 Å². The highest BCUT2D eigenvalue weighted by atomic mass is 32.1. The molecule has 1 aromatic carbocycles. The van der Waals surface area contributed by atoms with Gasteiger partial charge in [0, 0.05) is 11.0 Å². The first-order valence-corrected chi connectivity index (χ1v) is 7.58. The van der Waals surface area contributed by atoms with Crippen molar-refractivity contribution in [2.45, 2.75) is 32.8 Å². The van der Waals surface area contributed by atoms with Crippen molar-refractivity contribution in [2.24, 2.45) is 0 Å². The summed E-state index contributed by atoms with van der Waals surface area (Å²) < 4.78 is 27.9. The summed E-state index contributed by atoms with van der Waals surface area (Å²) in [7, 11) is 0. The lowest BCUT2D eigenvalue weighted by molar-refractivity contribution is 0.270. The van der Waals surface area contributed by atoms with E-state index in [1.165, 1.54) is 17.4 Å². The van der Waals surface area contributed by atoms with Gasteiger partial charge in [0.1, 0.15) is 5.01 Å². The van der Waals surface area contributed by atoms with E-state index in [2.05, 4.69) is 10.1 Å². The van der Waals surface area contributed by atoms with Crippen molar-refractivity contribution in [1.82, 2.24) is 14.6 Å². The van der Waals surface area contributed by atoms with Crippen molar-refractivity contribution < 1.29 is 13.9 Å². The lowest BCUT2D eigenvalue weighted by Crippen LogP contribution is -2.15. The molecule has 7 heteroatoms. The van der Waals surface area contributed by atoms with E-state index < -0.39 is 11.6 Å². The van der Waals surface area contributed by atoms with Gasteiger partial charge in [-0.1, -0.05) is 32.1 Å². The molecule has 0 unspecified atom stereocenters. The molecule has 0 aliphatic heterocycles. The first-order chi connectivity index (χ1) is 10.3. The van der Waals surface area contributed by atoms with Gasteiger partial charge in [-0.25, -0.2) is 18.3 Å². The van der Waals surface area contributed by atoms with E-state index in [1.807, 2.05) is 20.8 Å². The maximum Gasteiger partial charge on any atom is 0.213 e. The zero-order chi connectivity index (χ0) is 16.1. The molecule has 2 heterocycles. The summed E-state index contributed by atoms with van der Waals surface area (Å²) in [5.41, 5.74) is 1.67. The van der Waals surface area contributed by atoms with Crippen molar-refractivity contribution in [2.75, 3.05) is 0 Å². The minimum Gasteiger partial charge on any atom is -0.390 e. The Morgan fingerprint density at radius 2 is 1.95 bits per heavy atom. The van der Waals surface area contributed by atoms with Gasteiger partial charge in [0.25, 0.3) is 0 Å². The highest BCUT2D eigenvalue weighted by molar-refractivity contribution is 7.19.